The number of thiophene rings is 1. The first-order chi connectivity index (χ1) is 9.74. The van der Waals surface area contributed by atoms with E-state index >= 15 is 0 Å². The molecule has 1 aromatic carbocycles. The molecule has 5 heteroatoms. The predicted molar refractivity (Wildman–Crippen MR) is 87.6 cm³/mol. The molecule has 0 fully saturated rings. The highest BCUT2D eigenvalue weighted by Gasteiger charge is 2.11. The number of benzene rings is 1. The third kappa shape index (κ3) is 2.78. The average molecular weight is 348 g/mol. The minimum Gasteiger partial charge on any atom is -0.376 e. The number of anilines is 1. The Balaban J connectivity index is 1.88. The fourth-order valence-corrected chi connectivity index (χ4v) is 3.52. The molecule has 0 amide bonds. The van der Waals surface area contributed by atoms with Gasteiger partial charge in [-0.15, -0.1) is 11.3 Å². The van der Waals surface area contributed by atoms with Crippen molar-refractivity contribution in [2.24, 2.45) is 0 Å². The molecule has 0 aliphatic carbocycles. The van der Waals surface area contributed by atoms with Crippen LogP contribution in [0.25, 0.3) is 5.69 Å². The van der Waals surface area contributed by atoms with Crippen LogP contribution in [0.4, 0.5) is 5.69 Å². The highest BCUT2D eigenvalue weighted by Crippen LogP contribution is 2.29. The molecule has 0 spiro atoms. The molecule has 3 rings (SSSR count). The van der Waals surface area contributed by atoms with Crippen molar-refractivity contribution in [3.8, 4) is 5.69 Å². The summed E-state index contributed by atoms with van der Waals surface area (Å²) in [5, 5.41) is 9.96. The van der Waals surface area contributed by atoms with Gasteiger partial charge < -0.3 is 5.32 Å². The zero-order valence-electron chi connectivity index (χ0n) is 11.0. The van der Waals surface area contributed by atoms with Crippen molar-refractivity contribution >= 4 is 33.0 Å². The summed E-state index contributed by atoms with van der Waals surface area (Å²) in [6.07, 6.45) is 3.74. The summed E-state index contributed by atoms with van der Waals surface area (Å²) in [4.78, 5) is 1.30. The molecule has 3 nitrogen and oxygen atoms in total. The summed E-state index contributed by atoms with van der Waals surface area (Å²) in [5.41, 5.74) is 2.13. The minimum atomic E-state index is 0.253. The highest BCUT2D eigenvalue weighted by atomic mass is 79.9. The van der Waals surface area contributed by atoms with Crippen molar-refractivity contribution in [3.05, 3.63) is 63.5 Å². The lowest BCUT2D eigenvalue weighted by Gasteiger charge is -2.17. The van der Waals surface area contributed by atoms with Crippen LogP contribution >= 0.6 is 27.3 Å². The normalized spacial score (nSPS) is 12.3. The molecular formula is C15H14BrN3S. The van der Waals surface area contributed by atoms with Gasteiger partial charge in [0, 0.05) is 27.1 Å². The Hall–Kier alpha value is -1.59. The van der Waals surface area contributed by atoms with Gasteiger partial charge in [-0.25, -0.2) is 4.68 Å². The molecule has 0 bridgehead atoms. The van der Waals surface area contributed by atoms with Gasteiger partial charge in [0.25, 0.3) is 0 Å². The Labute approximate surface area is 130 Å². The average Bonchev–Trinajstić information content (AvgIpc) is 3.10. The first-order valence-electron chi connectivity index (χ1n) is 6.33. The quantitative estimate of drug-likeness (QED) is 0.729. The lowest BCUT2D eigenvalue weighted by molar-refractivity contribution is 0.861. The third-order valence-corrected chi connectivity index (χ3v) is 4.92. The molecule has 2 aromatic heterocycles. The maximum Gasteiger partial charge on any atom is 0.0877 e. The molecule has 0 saturated carbocycles. The van der Waals surface area contributed by atoms with Crippen LogP contribution in [-0.2, 0) is 0 Å². The summed E-state index contributed by atoms with van der Waals surface area (Å²) in [6, 6.07) is 12.5. The maximum absolute atomic E-state index is 4.30. The van der Waals surface area contributed by atoms with E-state index < -0.39 is 0 Å². The second-order valence-corrected chi connectivity index (χ2v) is 6.36. The van der Waals surface area contributed by atoms with Crippen LogP contribution < -0.4 is 5.32 Å². The minimum absolute atomic E-state index is 0.253. The smallest absolute Gasteiger partial charge is 0.0877 e. The standard InChI is InChI=1S/C15H14BrN3S/c1-11(15-9-12(16)10-20-15)18-13-5-2-3-6-14(13)19-8-4-7-17-19/h2-11,18H,1H3. The number of aromatic nitrogens is 2. The summed E-state index contributed by atoms with van der Waals surface area (Å²) in [7, 11) is 0. The second kappa shape index (κ2) is 5.81. The molecule has 2 heterocycles. The molecule has 1 unspecified atom stereocenters. The molecular weight excluding hydrogens is 334 g/mol. The van der Waals surface area contributed by atoms with Crippen LogP contribution in [-0.4, -0.2) is 9.78 Å². The van der Waals surface area contributed by atoms with Gasteiger partial charge in [0.2, 0.25) is 0 Å². The molecule has 1 atom stereocenters. The number of nitrogens with zero attached hydrogens (tertiary/aromatic N) is 2. The van der Waals surface area contributed by atoms with E-state index in [2.05, 4.69) is 56.8 Å². The molecule has 3 aromatic rings. The Morgan fingerprint density at radius 2 is 2.15 bits per heavy atom. The maximum atomic E-state index is 4.30. The fourth-order valence-electron chi connectivity index (χ4n) is 2.07. The Bertz CT molecular complexity index is 691. The van der Waals surface area contributed by atoms with E-state index in [4.69, 9.17) is 0 Å². The Kier molecular flexibility index (Phi) is 3.89. The first kappa shape index (κ1) is 13.4. The number of nitrogens with one attached hydrogen (secondary N) is 1. The van der Waals surface area contributed by atoms with Gasteiger partial charge in [0.05, 0.1) is 17.4 Å². The zero-order valence-corrected chi connectivity index (χ0v) is 13.4. The number of halogens is 1. The van der Waals surface area contributed by atoms with Crippen LogP contribution in [0.5, 0.6) is 0 Å². The lowest BCUT2D eigenvalue weighted by Crippen LogP contribution is -2.08. The van der Waals surface area contributed by atoms with Gasteiger partial charge in [0.15, 0.2) is 0 Å². The van der Waals surface area contributed by atoms with Crippen LogP contribution in [0.1, 0.15) is 17.8 Å². The molecule has 0 aliphatic rings. The van der Waals surface area contributed by atoms with Crippen LogP contribution in [0.2, 0.25) is 0 Å². The number of hydrogen-bond acceptors (Lipinski definition) is 3. The monoisotopic (exact) mass is 347 g/mol. The van der Waals surface area contributed by atoms with E-state index in [0.29, 0.717) is 0 Å². The molecule has 20 heavy (non-hydrogen) atoms. The van der Waals surface area contributed by atoms with Crippen molar-refractivity contribution < 1.29 is 0 Å². The second-order valence-electron chi connectivity index (χ2n) is 4.50. The lowest BCUT2D eigenvalue weighted by atomic mass is 10.2. The first-order valence-corrected chi connectivity index (χ1v) is 8.01. The van der Waals surface area contributed by atoms with Crippen molar-refractivity contribution in [2.75, 3.05) is 5.32 Å². The molecule has 0 aliphatic heterocycles. The van der Waals surface area contributed by atoms with Crippen molar-refractivity contribution in [1.29, 1.82) is 0 Å². The number of rotatable bonds is 4. The molecule has 102 valence electrons. The van der Waals surface area contributed by atoms with Crippen LogP contribution in [0.15, 0.2) is 58.6 Å². The third-order valence-electron chi connectivity index (χ3n) is 3.04. The zero-order chi connectivity index (χ0) is 13.9. The van der Waals surface area contributed by atoms with E-state index in [-0.39, 0.29) is 6.04 Å². The van der Waals surface area contributed by atoms with Crippen molar-refractivity contribution in [3.63, 3.8) is 0 Å². The Morgan fingerprint density at radius 1 is 1.30 bits per heavy atom. The van der Waals surface area contributed by atoms with Gasteiger partial charge in [-0.3, -0.25) is 0 Å². The van der Waals surface area contributed by atoms with Gasteiger partial charge in [-0.05, 0) is 47.1 Å². The predicted octanol–water partition coefficient (Wildman–Crippen LogP) is 4.87. The van der Waals surface area contributed by atoms with E-state index in [1.54, 1.807) is 17.5 Å². The van der Waals surface area contributed by atoms with Crippen LogP contribution in [0.3, 0.4) is 0 Å². The van der Waals surface area contributed by atoms with Gasteiger partial charge in [0.1, 0.15) is 0 Å². The van der Waals surface area contributed by atoms with Crippen LogP contribution in [0, 0.1) is 0 Å². The van der Waals surface area contributed by atoms with E-state index in [9.17, 15) is 0 Å². The van der Waals surface area contributed by atoms with E-state index in [0.717, 1.165) is 15.8 Å². The van der Waals surface area contributed by atoms with Crippen molar-refractivity contribution in [2.45, 2.75) is 13.0 Å². The van der Waals surface area contributed by atoms with Gasteiger partial charge in [-0.1, -0.05) is 12.1 Å². The topological polar surface area (TPSA) is 29.9 Å². The summed E-state index contributed by atoms with van der Waals surface area (Å²) in [5.74, 6) is 0. The molecule has 0 radical (unpaired) electrons. The molecule has 1 N–H and O–H groups in total. The number of para-hydroxylation sites is 2. The van der Waals surface area contributed by atoms with Gasteiger partial charge in [-0.2, -0.15) is 5.10 Å². The largest absolute Gasteiger partial charge is 0.376 e. The summed E-state index contributed by atoms with van der Waals surface area (Å²) in [6.45, 7) is 2.16. The summed E-state index contributed by atoms with van der Waals surface area (Å²) < 4.78 is 3.01. The van der Waals surface area contributed by atoms with E-state index in [1.807, 2.05) is 29.1 Å². The molecule has 0 saturated heterocycles. The van der Waals surface area contributed by atoms with E-state index in [1.165, 1.54) is 4.88 Å². The highest BCUT2D eigenvalue weighted by molar-refractivity contribution is 9.10. The fraction of sp³-hybridized carbons (Fsp3) is 0.133. The summed E-state index contributed by atoms with van der Waals surface area (Å²) >= 11 is 5.25. The van der Waals surface area contributed by atoms with Gasteiger partial charge >= 0.3 is 0 Å². The number of hydrogen-bond donors (Lipinski definition) is 1. The Morgan fingerprint density at radius 3 is 2.85 bits per heavy atom. The van der Waals surface area contributed by atoms with Crippen molar-refractivity contribution in [1.82, 2.24) is 9.78 Å². The SMILES string of the molecule is CC(Nc1ccccc1-n1cccn1)c1cc(Br)cs1.